The highest BCUT2D eigenvalue weighted by Crippen LogP contribution is 2.04. The zero-order chi connectivity index (χ0) is 16.3. The van der Waals surface area contributed by atoms with Crippen molar-refractivity contribution in [1.82, 2.24) is 16.0 Å². The van der Waals surface area contributed by atoms with Crippen molar-refractivity contribution >= 4 is 11.9 Å². The lowest BCUT2D eigenvalue weighted by atomic mass is 10.1. The molecule has 0 aliphatic heterocycles. The Labute approximate surface area is 127 Å². The SMILES string of the molecule is CC.CNC(=O)NCc1ccc(CNC(=O)C(C)C)cc1. The fourth-order valence-corrected chi connectivity index (χ4v) is 1.44. The molecule has 0 spiro atoms. The number of rotatable bonds is 5. The van der Waals surface area contributed by atoms with Gasteiger partial charge in [0.1, 0.15) is 0 Å². The van der Waals surface area contributed by atoms with E-state index in [9.17, 15) is 9.59 Å². The second kappa shape index (κ2) is 10.7. The zero-order valence-electron chi connectivity index (χ0n) is 13.6. The number of nitrogens with one attached hydrogen (secondary N) is 3. The highest BCUT2D eigenvalue weighted by atomic mass is 16.2. The highest BCUT2D eigenvalue weighted by molar-refractivity contribution is 5.77. The van der Waals surface area contributed by atoms with Gasteiger partial charge in [0, 0.05) is 26.1 Å². The minimum absolute atomic E-state index is 0.00368. The van der Waals surface area contributed by atoms with Crippen LogP contribution in [0.3, 0.4) is 0 Å². The quantitative estimate of drug-likeness (QED) is 0.780. The number of carbonyl (C=O) groups excluding carboxylic acids is 2. The van der Waals surface area contributed by atoms with Crippen LogP contribution >= 0.6 is 0 Å². The van der Waals surface area contributed by atoms with Crippen molar-refractivity contribution in [2.45, 2.75) is 40.8 Å². The molecule has 0 unspecified atom stereocenters. The Kier molecular flexibility index (Phi) is 9.67. The van der Waals surface area contributed by atoms with E-state index in [1.165, 1.54) is 0 Å². The van der Waals surface area contributed by atoms with Gasteiger partial charge in [0.05, 0.1) is 0 Å². The number of hydrogen-bond acceptors (Lipinski definition) is 2. The molecule has 0 atom stereocenters. The van der Waals surface area contributed by atoms with Crippen LogP contribution in [0, 0.1) is 5.92 Å². The summed E-state index contributed by atoms with van der Waals surface area (Å²) in [6.07, 6.45) is 0. The molecule has 5 nitrogen and oxygen atoms in total. The van der Waals surface area contributed by atoms with Crippen LogP contribution in [0.1, 0.15) is 38.8 Å². The Morgan fingerprint density at radius 1 is 0.952 bits per heavy atom. The molecule has 1 rings (SSSR count). The molecule has 118 valence electrons. The monoisotopic (exact) mass is 293 g/mol. The molecule has 0 heterocycles. The van der Waals surface area contributed by atoms with Crippen LogP contribution in [0.5, 0.6) is 0 Å². The van der Waals surface area contributed by atoms with Crippen molar-refractivity contribution < 1.29 is 9.59 Å². The maximum atomic E-state index is 11.4. The summed E-state index contributed by atoms with van der Waals surface area (Å²) in [5.74, 6) is 0.0430. The van der Waals surface area contributed by atoms with E-state index >= 15 is 0 Å². The molecule has 1 aromatic carbocycles. The van der Waals surface area contributed by atoms with Gasteiger partial charge in [-0.2, -0.15) is 0 Å². The summed E-state index contributed by atoms with van der Waals surface area (Å²) in [7, 11) is 1.58. The maximum Gasteiger partial charge on any atom is 0.314 e. The van der Waals surface area contributed by atoms with E-state index in [1.807, 2.05) is 52.0 Å². The van der Waals surface area contributed by atoms with Crippen LogP contribution in [0.2, 0.25) is 0 Å². The van der Waals surface area contributed by atoms with E-state index in [2.05, 4.69) is 16.0 Å². The molecular weight excluding hydrogens is 266 g/mol. The molecule has 1 aromatic rings. The molecule has 0 fully saturated rings. The van der Waals surface area contributed by atoms with E-state index in [-0.39, 0.29) is 17.9 Å². The Hall–Kier alpha value is -2.04. The molecule has 3 amide bonds. The Balaban J connectivity index is 0.00000191. The molecule has 0 aromatic heterocycles. The predicted octanol–water partition coefficient (Wildman–Crippen LogP) is 2.41. The maximum absolute atomic E-state index is 11.4. The third-order valence-corrected chi connectivity index (χ3v) is 2.69. The fraction of sp³-hybridized carbons (Fsp3) is 0.500. The molecular formula is C16H27N3O2. The van der Waals surface area contributed by atoms with Crippen LogP contribution in [-0.2, 0) is 17.9 Å². The fourth-order valence-electron chi connectivity index (χ4n) is 1.44. The lowest BCUT2D eigenvalue weighted by Crippen LogP contribution is -2.32. The third-order valence-electron chi connectivity index (χ3n) is 2.69. The van der Waals surface area contributed by atoms with Gasteiger partial charge in [-0.25, -0.2) is 4.79 Å². The number of carbonyl (C=O) groups is 2. The molecule has 0 bridgehead atoms. The molecule has 3 N–H and O–H groups in total. The van der Waals surface area contributed by atoms with Gasteiger partial charge in [-0.15, -0.1) is 0 Å². The normalized spacial score (nSPS) is 9.43. The van der Waals surface area contributed by atoms with E-state index in [0.29, 0.717) is 13.1 Å². The Morgan fingerprint density at radius 3 is 1.76 bits per heavy atom. The summed E-state index contributed by atoms with van der Waals surface area (Å²) in [6, 6.07) is 7.57. The smallest absolute Gasteiger partial charge is 0.314 e. The number of urea groups is 1. The van der Waals surface area contributed by atoms with E-state index in [1.54, 1.807) is 7.05 Å². The third kappa shape index (κ3) is 7.97. The van der Waals surface area contributed by atoms with Crippen molar-refractivity contribution in [2.75, 3.05) is 7.05 Å². The van der Waals surface area contributed by atoms with Gasteiger partial charge in [-0.3, -0.25) is 4.79 Å². The second-order valence-corrected chi connectivity index (χ2v) is 4.62. The van der Waals surface area contributed by atoms with Gasteiger partial charge in [-0.1, -0.05) is 52.0 Å². The van der Waals surface area contributed by atoms with Gasteiger partial charge < -0.3 is 16.0 Å². The largest absolute Gasteiger partial charge is 0.352 e. The molecule has 0 saturated carbocycles. The summed E-state index contributed by atoms with van der Waals surface area (Å²) in [5.41, 5.74) is 2.06. The van der Waals surface area contributed by atoms with Crippen molar-refractivity contribution in [2.24, 2.45) is 5.92 Å². The van der Waals surface area contributed by atoms with Crippen molar-refractivity contribution in [3.8, 4) is 0 Å². The van der Waals surface area contributed by atoms with Crippen LogP contribution < -0.4 is 16.0 Å². The van der Waals surface area contributed by atoms with Crippen molar-refractivity contribution in [3.63, 3.8) is 0 Å². The summed E-state index contributed by atoms with van der Waals surface area (Å²) < 4.78 is 0. The molecule has 5 heteroatoms. The molecule has 21 heavy (non-hydrogen) atoms. The van der Waals surface area contributed by atoms with Crippen molar-refractivity contribution in [1.29, 1.82) is 0 Å². The van der Waals surface area contributed by atoms with E-state index in [4.69, 9.17) is 0 Å². The lowest BCUT2D eigenvalue weighted by Gasteiger charge is -2.09. The topological polar surface area (TPSA) is 70.2 Å². The average Bonchev–Trinajstić information content (AvgIpc) is 2.52. The number of benzene rings is 1. The van der Waals surface area contributed by atoms with Crippen molar-refractivity contribution in [3.05, 3.63) is 35.4 Å². The van der Waals surface area contributed by atoms with E-state index < -0.39 is 0 Å². The molecule has 0 aliphatic carbocycles. The highest BCUT2D eigenvalue weighted by Gasteiger charge is 2.05. The van der Waals surface area contributed by atoms with E-state index in [0.717, 1.165) is 11.1 Å². The summed E-state index contributed by atoms with van der Waals surface area (Å²) in [4.78, 5) is 22.5. The molecule has 0 radical (unpaired) electrons. The Morgan fingerprint density at radius 2 is 1.38 bits per heavy atom. The zero-order valence-corrected chi connectivity index (χ0v) is 13.6. The summed E-state index contributed by atoms with van der Waals surface area (Å²) >= 11 is 0. The Bertz CT molecular complexity index is 428. The first-order valence-corrected chi connectivity index (χ1v) is 7.34. The second-order valence-electron chi connectivity index (χ2n) is 4.62. The minimum Gasteiger partial charge on any atom is -0.352 e. The van der Waals surface area contributed by atoms with Crippen LogP contribution in [0.25, 0.3) is 0 Å². The molecule has 0 aliphatic rings. The minimum atomic E-state index is -0.201. The van der Waals surface area contributed by atoms with Gasteiger partial charge in [0.25, 0.3) is 0 Å². The summed E-state index contributed by atoms with van der Waals surface area (Å²) in [6.45, 7) is 8.74. The van der Waals surface area contributed by atoms with Crippen LogP contribution in [0.15, 0.2) is 24.3 Å². The number of hydrogen-bond donors (Lipinski definition) is 3. The average molecular weight is 293 g/mol. The molecule has 0 saturated heterocycles. The summed E-state index contributed by atoms with van der Waals surface area (Å²) in [5, 5.41) is 8.06. The number of amides is 3. The van der Waals surface area contributed by atoms with Gasteiger partial charge in [-0.05, 0) is 11.1 Å². The first-order chi connectivity index (χ1) is 10.0. The lowest BCUT2D eigenvalue weighted by molar-refractivity contribution is -0.124. The first-order valence-electron chi connectivity index (χ1n) is 7.34. The standard InChI is InChI=1S/C14H21N3O2.C2H6/c1-10(2)13(18)16-8-11-4-6-12(7-5-11)9-17-14(19)15-3;1-2/h4-7,10H,8-9H2,1-3H3,(H,16,18)(H2,15,17,19);1-2H3. The predicted molar refractivity (Wildman–Crippen MR) is 85.8 cm³/mol. The van der Waals surface area contributed by atoms with Gasteiger partial charge in [0.15, 0.2) is 0 Å². The van der Waals surface area contributed by atoms with Crippen LogP contribution in [-0.4, -0.2) is 19.0 Å². The first kappa shape index (κ1) is 19.0. The van der Waals surface area contributed by atoms with Gasteiger partial charge >= 0.3 is 6.03 Å². The van der Waals surface area contributed by atoms with Gasteiger partial charge in [0.2, 0.25) is 5.91 Å². The van der Waals surface area contributed by atoms with Crippen LogP contribution in [0.4, 0.5) is 4.79 Å².